The zero-order chi connectivity index (χ0) is 15.4. The lowest BCUT2D eigenvalue weighted by molar-refractivity contribution is 0.112. The second-order valence-electron chi connectivity index (χ2n) is 5.13. The lowest BCUT2D eigenvalue weighted by Gasteiger charge is -2.16. The van der Waals surface area contributed by atoms with Crippen LogP contribution in [-0.4, -0.2) is 11.3 Å². The molecule has 0 aliphatic carbocycles. The van der Waals surface area contributed by atoms with Gasteiger partial charge < -0.3 is 0 Å². The molecule has 0 unspecified atom stereocenters. The fourth-order valence-corrected chi connectivity index (χ4v) is 2.64. The van der Waals surface area contributed by atoms with E-state index in [4.69, 9.17) is 23.2 Å². The molecule has 110 valence electrons. The van der Waals surface area contributed by atoms with Crippen LogP contribution in [0.3, 0.4) is 0 Å². The number of nitrogens with zero attached hydrogens (tertiary/aromatic N) is 1. The smallest absolute Gasteiger partial charge is 0.151 e. The molecule has 0 aliphatic heterocycles. The Morgan fingerprint density at radius 3 is 2.62 bits per heavy atom. The van der Waals surface area contributed by atoms with Gasteiger partial charge >= 0.3 is 0 Å². The van der Waals surface area contributed by atoms with Gasteiger partial charge in [0.25, 0.3) is 0 Å². The summed E-state index contributed by atoms with van der Waals surface area (Å²) in [5.41, 5.74) is 3.68. The number of benzene rings is 1. The summed E-state index contributed by atoms with van der Waals surface area (Å²) < 4.78 is 0. The minimum Gasteiger partial charge on any atom is -0.298 e. The van der Waals surface area contributed by atoms with E-state index in [1.807, 2.05) is 13.0 Å². The quantitative estimate of drug-likeness (QED) is 0.704. The first kappa shape index (κ1) is 16.0. The maximum absolute atomic E-state index is 11.0. The maximum atomic E-state index is 11.0. The fourth-order valence-electron chi connectivity index (χ4n) is 2.37. The fraction of sp³-hybridized carbons (Fsp3) is 0.294. The molecule has 1 aromatic heterocycles. The van der Waals surface area contributed by atoms with Crippen molar-refractivity contribution in [2.45, 2.75) is 32.6 Å². The first-order chi connectivity index (χ1) is 10.0. The summed E-state index contributed by atoms with van der Waals surface area (Å²) in [5.74, 6) is 0.342. The summed E-state index contributed by atoms with van der Waals surface area (Å²) in [7, 11) is 0. The Hall–Kier alpha value is -1.38. The Kier molecular flexibility index (Phi) is 5.38. The van der Waals surface area contributed by atoms with E-state index >= 15 is 0 Å². The molecule has 1 atom stereocenters. The highest BCUT2D eigenvalue weighted by molar-refractivity contribution is 6.32. The van der Waals surface area contributed by atoms with E-state index in [1.54, 1.807) is 12.3 Å². The van der Waals surface area contributed by atoms with E-state index in [2.05, 4.69) is 24.0 Å². The molecule has 0 saturated carbocycles. The Balaban J connectivity index is 2.26. The molecular weight excluding hydrogens is 305 g/mol. The van der Waals surface area contributed by atoms with Crippen LogP contribution in [-0.2, 0) is 6.42 Å². The highest BCUT2D eigenvalue weighted by Gasteiger charge is 2.13. The largest absolute Gasteiger partial charge is 0.298 e. The summed E-state index contributed by atoms with van der Waals surface area (Å²) in [4.78, 5) is 15.3. The van der Waals surface area contributed by atoms with Crippen LogP contribution >= 0.6 is 23.2 Å². The van der Waals surface area contributed by atoms with Gasteiger partial charge in [0.1, 0.15) is 0 Å². The molecule has 2 nitrogen and oxygen atoms in total. The number of halogens is 2. The number of carbonyl (C=O) groups excluding carboxylic acids is 1. The van der Waals surface area contributed by atoms with E-state index in [0.29, 0.717) is 16.5 Å². The van der Waals surface area contributed by atoms with Crippen molar-refractivity contribution in [3.63, 3.8) is 0 Å². The highest BCUT2D eigenvalue weighted by Crippen LogP contribution is 2.27. The Morgan fingerprint density at radius 1 is 1.24 bits per heavy atom. The van der Waals surface area contributed by atoms with Gasteiger partial charge in [-0.15, -0.1) is 0 Å². The normalized spacial score (nSPS) is 12.2. The first-order valence-corrected chi connectivity index (χ1v) is 7.66. The summed E-state index contributed by atoms with van der Waals surface area (Å²) >= 11 is 12.0. The summed E-state index contributed by atoms with van der Waals surface area (Å²) in [6.07, 6.45) is 4.07. The highest BCUT2D eigenvalue weighted by atomic mass is 35.5. The first-order valence-electron chi connectivity index (χ1n) is 6.90. The number of hydrogen-bond acceptors (Lipinski definition) is 2. The topological polar surface area (TPSA) is 30.0 Å². The van der Waals surface area contributed by atoms with E-state index < -0.39 is 0 Å². The Bertz CT molecular complexity index is 655. The molecule has 0 radical (unpaired) electrons. The van der Waals surface area contributed by atoms with Gasteiger partial charge in [-0.1, -0.05) is 42.3 Å². The number of hydrogen-bond donors (Lipinski definition) is 0. The minimum absolute atomic E-state index is 0.342. The van der Waals surface area contributed by atoms with Crippen LogP contribution in [0.4, 0.5) is 0 Å². The van der Waals surface area contributed by atoms with Crippen LogP contribution in [0.25, 0.3) is 0 Å². The molecule has 0 fully saturated rings. The van der Waals surface area contributed by atoms with Crippen LogP contribution < -0.4 is 0 Å². The van der Waals surface area contributed by atoms with E-state index in [0.717, 1.165) is 35.4 Å². The molecule has 21 heavy (non-hydrogen) atoms. The maximum Gasteiger partial charge on any atom is 0.151 e. The third-order valence-electron chi connectivity index (χ3n) is 3.67. The van der Waals surface area contributed by atoms with Crippen LogP contribution in [0.1, 0.15) is 46.4 Å². The average molecular weight is 322 g/mol. The predicted octanol–water partition coefficient (Wildman–Crippen LogP) is 5.25. The molecule has 2 rings (SSSR count). The molecule has 0 bridgehead atoms. The predicted molar refractivity (Wildman–Crippen MR) is 87.6 cm³/mol. The zero-order valence-corrected chi connectivity index (χ0v) is 13.6. The van der Waals surface area contributed by atoms with Crippen molar-refractivity contribution in [2.75, 3.05) is 0 Å². The van der Waals surface area contributed by atoms with Crippen molar-refractivity contribution >= 4 is 29.5 Å². The van der Waals surface area contributed by atoms with Crippen molar-refractivity contribution in [2.24, 2.45) is 0 Å². The Morgan fingerprint density at radius 2 is 2.00 bits per heavy atom. The zero-order valence-electron chi connectivity index (χ0n) is 12.1. The van der Waals surface area contributed by atoms with Crippen molar-refractivity contribution in [3.8, 4) is 0 Å². The summed E-state index contributed by atoms with van der Waals surface area (Å²) in [5, 5.41) is 1.17. The van der Waals surface area contributed by atoms with Crippen LogP contribution in [0.15, 0.2) is 30.5 Å². The second kappa shape index (κ2) is 7.06. The molecule has 2 aromatic rings. The number of aryl methyl sites for hydroxylation is 1. The molecular formula is C17H17Cl2NO. The molecule has 1 aromatic carbocycles. The number of aromatic nitrogens is 1. The molecule has 0 aliphatic rings. The standard InChI is InChI=1S/C17H17Cl2NO/c1-3-12(13-4-5-16(18)11(2)6-13)7-15-8-14(10-21)17(19)9-20-15/h4-6,8-10,12H,3,7H2,1-2H3/t12-/m0/s1. The summed E-state index contributed by atoms with van der Waals surface area (Å²) in [6.45, 7) is 4.15. The molecule has 0 saturated heterocycles. The summed E-state index contributed by atoms with van der Waals surface area (Å²) in [6, 6.07) is 7.87. The molecule has 4 heteroatoms. The lowest BCUT2D eigenvalue weighted by atomic mass is 9.90. The lowest BCUT2D eigenvalue weighted by Crippen LogP contribution is -2.04. The minimum atomic E-state index is 0.342. The van der Waals surface area contributed by atoms with E-state index in [-0.39, 0.29) is 0 Å². The third-order valence-corrected chi connectivity index (χ3v) is 4.41. The number of aldehydes is 1. The van der Waals surface area contributed by atoms with E-state index in [1.165, 1.54) is 5.56 Å². The molecule has 0 amide bonds. The van der Waals surface area contributed by atoms with Gasteiger partial charge in [0.05, 0.1) is 5.02 Å². The molecule has 0 spiro atoms. The molecule has 1 heterocycles. The van der Waals surface area contributed by atoms with Gasteiger partial charge in [-0.25, -0.2) is 0 Å². The van der Waals surface area contributed by atoms with Crippen molar-refractivity contribution in [3.05, 3.63) is 62.9 Å². The van der Waals surface area contributed by atoms with Gasteiger partial charge in [0.15, 0.2) is 6.29 Å². The van der Waals surface area contributed by atoms with Crippen molar-refractivity contribution in [1.29, 1.82) is 0 Å². The second-order valence-corrected chi connectivity index (χ2v) is 5.95. The van der Waals surface area contributed by atoms with Crippen LogP contribution in [0.5, 0.6) is 0 Å². The van der Waals surface area contributed by atoms with Gasteiger partial charge in [-0.05, 0) is 48.9 Å². The third kappa shape index (κ3) is 3.84. The van der Waals surface area contributed by atoms with Gasteiger partial charge in [-0.3, -0.25) is 9.78 Å². The van der Waals surface area contributed by atoms with Crippen LogP contribution in [0.2, 0.25) is 10.0 Å². The van der Waals surface area contributed by atoms with Crippen LogP contribution in [0, 0.1) is 6.92 Å². The van der Waals surface area contributed by atoms with Crippen molar-refractivity contribution in [1.82, 2.24) is 4.98 Å². The average Bonchev–Trinajstić information content (AvgIpc) is 2.49. The monoisotopic (exact) mass is 321 g/mol. The number of pyridine rings is 1. The number of carbonyl (C=O) groups is 1. The van der Waals surface area contributed by atoms with Gasteiger partial charge in [0.2, 0.25) is 0 Å². The van der Waals surface area contributed by atoms with Gasteiger partial charge in [-0.2, -0.15) is 0 Å². The SMILES string of the molecule is CC[C@@H](Cc1cc(C=O)c(Cl)cn1)c1ccc(Cl)c(C)c1. The van der Waals surface area contributed by atoms with E-state index in [9.17, 15) is 4.79 Å². The Labute approximate surface area is 135 Å². The van der Waals surface area contributed by atoms with Gasteiger partial charge in [0, 0.05) is 22.5 Å². The number of rotatable bonds is 5. The molecule has 0 N–H and O–H groups in total. The van der Waals surface area contributed by atoms with Crippen molar-refractivity contribution < 1.29 is 4.79 Å².